The van der Waals surface area contributed by atoms with E-state index in [9.17, 15) is 0 Å². The zero-order chi connectivity index (χ0) is 11.4. The lowest BCUT2D eigenvalue weighted by molar-refractivity contribution is 0.308. The number of nitrogens with zero attached hydrogens (tertiary/aromatic N) is 3. The molecule has 0 radical (unpaired) electrons. The molecule has 2 aromatic heterocycles. The number of rotatable bonds is 3. The second-order valence-electron chi connectivity index (χ2n) is 3.00. The largest absolute Gasteiger partial charge is 0.467 e. The lowest BCUT2D eigenvalue weighted by Gasteiger charge is -2.04. The molecule has 2 rings (SSSR count). The summed E-state index contributed by atoms with van der Waals surface area (Å²) in [6.07, 6.45) is 1.60. The molecule has 84 valence electrons. The Hall–Kier alpha value is -2.31. The highest BCUT2D eigenvalue weighted by Crippen LogP contribution is 2.05. The Morgan fingerprint density at radius 1 is 1.56 bits per heavy atom. The monoisotopic (exact) mass is 221 g/mol. The third-order valence-electron chi connectivity index (χ3n) is 1.97. The Bertz CT molecular complexity index is 474. The van der Waals surface area contributed by atoms with E-state index in [0.29, 0.717) is 18.1 Å². The molecule has 3 N–H and O–H groups in total. The van der Waals surface area contributed by atoms with Gasteiger partial charge in [0.15, 0.2) is 17.3 Å². The summed E-state index contributed by atoms with van der Waals surface area (Å²) in [7, 11) is 1.62. The van der Waals surface area contributed by atoms with Crippen LogP contribution >= 0.6 is 0 Å². The van der Waals surface area contributed by atoms with Crippen LogP contribution in [0.5, 0.6) is 0 Å². The molecule has 0 saturated heterocycles. The summed E-state index contributed by atoms with van der Waals surface area (Å²) < 4.78 is 9.66. The third kappa shape index (κ3) is 2.02. The summed E-state index contributed by atoms with van der Waals surface area (Å²) >= 11 is 0. The quantitative estimate of drug-likeness (QED) is 0.574. The van der Waals surface area contributed by atoms with Crippen LogP contribution in [0.3, 0.4) is 0 Å². The van der Waals surface area contributed by atoms with Crippen molar-refractivity contribution in [3.8, 4) is 0 Å². The number of nitrogens with one attached hydrogen (secondary N) is 1. The van der Waals surface area contributed by atoms with Crippen molar-refractivity contribution in [2.24, 2.45) is 4.99 Å². The van der Waals surface area contributed by atoms with Crippen LogP contribution < -0.4 is 11.1 Å². The summed E-state index contributed by atoms with van der Waals surface area (Å²) in [6, 6.07) is 3.66. The molecule has 7 nitrogen and oxygen atoms in total. The second-order valence-corrected chi connectivity index (χ2v) is 3.00. The van der Waals surface area contributed by atoms with Crippen molar-refractivity contribution in [1.82, 2.24) is 15.6 Å². The first-order chi connectivity index (χ1) is 7.81. The van der Waals surface area contributed by atoms with Crippen molar-refractivity contribution in [3.05, 3.63) is 29.9 Å². The number of hydrogen-bond acceptors (Lipinski definition) is 6. The minimum Gasteiger partial charge on any atom is -0.467 e. The molecular formula is C9H11N5O2. The van der Waals surface area contributed by atoms with E-state index in [1.54, 1.807) is 13.3 Å². The van der Waals surface area contributed by atoms with Gasteiger partial charge >= 0.3 is 0 Å². The van der Waals surface area contributed by atoms with Crippen LogP contribution in [0.2, 0.25) is 0 Å². The smallest absolute Gasteiger partial charge is 0.199 e. The molecule has 0 aliphatic heterocycles. The van der Waals surface area contributed by atoms with E-state index in [-0.39, 0.29) is 5.82 Å². The summed E-state index contributed by atoms with van der Waals surface area (Å²) in [5.74, 6) is 1.50. The second kappa shape index (κ2) is 4.47. The molecule has 0 aromatic carbocycles. The van der Waals surface area contributed by atoms with Gasteiger partial charge in [0.05, 0.1) is 12.8 Å². The maximum atomic E-state index is 5.55. The molecule has 16 heavy (non-hydrogen) atoms. The van der Waals surface area contributed by atoms with Crippen LogP contribution in [0.25, 0.3) is 0 Å². The Balaban J connectivity index is 2.05. The number of amidine groups is 1. The number of hydrogen-bond donors (Lipinski definition) is 2. The fraction of sp³-hybridized carbons (Fsp3) is 0.222. The molecule has 0 aliphatic rings. The van der Waals surface area contributed by atoms with Gasteiger partial charge in [0, 0.05) is 7.05 Å². The van der Waals surface area contributed by atoms with Crippen molar-refractivity contribution in [3.63, 3.8) is 0 Å². The van der Waals surface area contributed by atoms with Gasteiger partial charge in [0.2, 0.25) is 0 Å². The average molecular weight is 221 g/mol. The van der Waals surface area contributed by atoms with Gasteiger partial charge in [0.25, 0.3) is 0 Å². The Labute approximate surface area is 91.3 Å². The van der Waals surface area contributed by atoms with Gasteiger partial charge in [-0.05, 0) is 22.4 Å². The van der Waals surface area contributed by atoms with E-state index >= 15 is 0 Å². The minimum atomic E-state index is 0.201. The predicted molar refractivity (Wildman–Crippen MR) is 56.7 cm³/mol. The molecule has 0 aliphatic carbocycles. The van der Waals surface area contributed by atoms with Crippen LogP contribution in [0.15, 0.2) is 32.4 Å². The third-order valence-corrected chi connectivity index (χ3v) is 1.97. The van der Waals surface area contributed by atoms with Crippen LogP contribution in [-0.4, -0.2) is 23.2 Å². The molecule has 0 saturated carbocycles. The Morgan fingerprint density at radius 3 is 3.00 bits per heavy atom. The molecule has 0 spiro atoms. The highest BCUT2D eigenvalue weighted by Gasteiger charge is 2.13. The lowest BCUT2D eigenvalue weighted by atomic mass is 10.3. The minimum absolute atomic E-state index is 0.201. The van der Waals surface area contributed by atoms with Crippen molar-refractivity contribution >= 4 is 11.7 Å². The van der Waals surface area contributed by atoms with Crippen molar-refractivity contribution in [2.45, 2.75) is 6.54 Å². The first-order valence-corrected chi connectivity index (χ1v) is 4.62. The van der Waals surface area contributed by atoms with Crippen LogP contribution in [0.1, 0.15) is 11.5 Å². The molecule has 0 fully saturated rings. The van der Waals surface area contributed by atoms with Crippen LogP contribution in [0.4, 0.5) is 5.82 Å². The first kappa shape index (κ1) is 10.2. The standard InChI is InChI=1S/C9H11N5O2/c1-11-9(7-8(10)14-16-13-7)12-5-6-3-2-4-15-6/h2-4H,5H2,1H3,(H2,10,14)(H,11,12). The molecule has 0 atom stereocenters. The van der Waals surface area contributed by atoms with Gasteiger partial charge in [-0.1, -0.05) is 0 Å². The molecule has 2 heterocycles. The number of aromatic nitrogens is 2. The van der Waals surface area contributed by atoms with Crippen molar-refractivity contribution in [2.75, 3.05) is 12.8 Å². The van der Waals surface area contributed by atoms with Gasteiger partial charge in [0.1, 0.15) is 5.76 Å². The predicted octanol–water partition coefficient (Wildman–Crippen LogP) is 0.411. The number of nitrogens with two attached hydrogens (primary N) is 1. The van der Waals surface area contributed by atoms with E-state index in [1.165, 1.54) is 0 Å². The van der Waals surface area contributed by atoms with Gasteiger partial charge in [-0.2, -0.15) is 0 Å². The van der Waals surface area contributed by atoms with E-state index in [1.807, 2.05) is 12.1 Å². The summed E-state index contributed by atoms with van der Waals surface area (Å²) in [4.78, 5) is 4.01. The fourth-order valence-corrected chi connectivity index (χ4v) is 1.21. The molecule has 2 aromatic rings. The Kier molecular flexibility index (Phi) is 2.86. The van der Waals surface area contributed by atoms with E-state index in [2.05, 4.69) is 25.3 Å². The molecular weight excluding hydrogens is 210 g/mol. The van der Waals surface area contributed by atoms with Gasteiger partial charge in [-0.25, -0.2) is 4.63 Å². The first-order valence-electron chi connectivity index (χ1n) is 4.62. The van der Waals surface area contributed by atoms with Crippen molar-refractivity contribution in [1.29, 1.82) is 0 Å². The molecule has 0 bridgehead atoms. The zero-order valence-electron chi connectivity index (χ0n) is 8.67. The summed E-state index contributed by atoms with van der Waals surface area (Å²) in [5.41, 5.74) is 5.95. The van der Waals surface area contributed by atoms with E-state index in [4.69, 9.17) is 10.2 Å². The maximum absolute atomic E-state index is 5.55. The van der Waals surface area contributed by atoms with Gasteiger partial charge < -0.3 is 15.5 Å². The number of anilines is 1. The van der Waals surface area contributed by atoms with Gasteiger partial charge in [-0.3, -0.25) is 4.99 Å². The normalized spacial score (nSPS) is 11.7. The molecule has 0 amide bonds. The number of furan rings is 1. The van der Waals surface area contributed by atoms with Crippen LogP contribution in [-0.2, 0) is 6.54 Å². The average Bonchev–Trinajstić information content (AvgIpc) is 2.92. The summed E-state index contributed by atoms with van der Waals surface area (Å²) in [6.45, 7) is 0.492. The van der Waals surface area contributed by atoms with Crippen LogP contribution in [0, 0.1) is 0 Å². The summed E-state index contributed by atoms with van der Waals surface area (Å²) in [5, 5.41) is 10.2. The highest BCUT2D eigenvalue weighted by atomic mass is 16.6. The number of nitrogen functional groups attached to an aromatic ring is 1. The zero-order valence-corrected chi connectivity index (χ0v) is 8.67. The molecule has 0 unspecified atom stereocenters. The van der Waals surface area contributed by atoms with Gasteiger partial charge in [-0.15, -0.1) is 0 Å². The Morgan fingerprint density at radius 2 is 2.44 bits per heavy atom. The highest BCUT2D eigenvalue weighted by molar-refractivity contribution is 6.00. The van der Waals surface area contributed by atoms with E-state index < -0.39 is 0 Å². The lowest BCUT2D eigenvalue weighted by Crippen LogP contribution is -2.25. The number of aliphatic imine (C=N–C) groups is 1. The van der Waals surface area contributed by atoms with Crippen molar-refractivity contribution < 1.29 is 9.05 Å². The maximum Gasteiger partial charge on any atom is 0.199 e. The molecule has 7 heteroatoms. The fourth-order valence-electron chi connectivity index (χ4n) is 1.21. The van der Waals surface area contributed by atoms with E-state index in [0.717, 1.165) is 5.76 Å². The topological polar surface area (TPSA) is 102 Å². The SMILES string of the molecule is C/N=C(\NCc1ccco1)c1nonc1N.